The predicted octanol–water partition coefficient (Wildman–Crippen LogP) is 5.60. The van der Waals surface area contributed by atoms with Crippen LogP contribution in [0.15, 0.2) is 49.2 Å². The van der Waals surface area contributed by atoms with Gasteiger partial charge in [-0.25, -0.2) is 14.3 Å². The first-order chi connectivity index (χ1) is 26.0. The van der Waals surface area contributed by atoms with Crippen LogP contribution in [-0.2, 0) is 48.6 Å². The molecule has 0 aliphatic heterocycles. The highest BCUT2D eigenvalue weighted by Gasteiger charge is 2.13. The lowest BCUT2D eigenvalue weighted by atomic mass is 9.93. The summed E-state index contributed by atoms with van der Waals surface area (Å²) in [4.78, 5) is 4.12. The van der Waals surface area contributed by atoms with Crippen molar-refractivity contribution in [2.75, 3.05) is 86.4 Å². The van der Waals surface area contributed by atoms with E-state index in [0.29, 0.717) is 90.0 Å². The Morgan fingerprint density at radius 2 is 0.981 bits per heavy atom. The van der Waals surface area contributed by atoms with Gasteiger partial charge in [0.15, 0.2) is 0 Å². The first kappa shape index (κ1) is 44.7. The standard InChI is InChI=1S/C21H33N3O4.C18H31N5O3/c1-21(2,3)9-11-26-13-15-28-16-14-27-12-10-24-19(17-22-23-24)18-7-5-6-8-20(18)25-4;1-18(2,3)5-7-24-9-11-26-12-10-25-8-6-23-17(14-20-21-23)16-13-19-15-22(16)4/h5-8,17H,9-16H2,1-4H3;13-15H,5-12H2,1-4H3. The number of aromatic nitrogens is 8. The van der Waals surface area contributed by atoms with E-state index in [1.807, 2.05) is 45.2 Å². The first-order valence-corrected chi connectivity index (χ1v) is 18.8. The molecule has 302 valence electrons. The molecule has 0 unspecified atom stereocenters. The molecule has 15 nitrogen and oxygen atoms in total. The van der Waals surface area contributed by atoms with Gasteiger partial charge in [0.1, 0.15) is 11.4 Å². The van der Waals surface area contributed by atoms with Crippen molar-refractivity contribution in [2.24, 2.45) is 17.9 Å². The number of hydrogen-bond donors (Lipinski definition) is 0. The zero-order valence-corrected chi connectivity index (χ0v) is 33.9. The van der Waals surface area contributed by atoms with Gasteiger partial charge < -0.3 is 37.7 Å². The Kier molecular flexibility index (Phi) is 20.4. The molecule has 0 atom stereocenters. The zero-order chi connectivity index (χ0) is 39.1. The van der Waals surface area contributed by atoms with Gasteiger partial charge in [-0.1, -0.05) is 64.1 Å². The average Bonchev–Trinajstić information content (AvgIpc) is 3.90. The van der Waals surface area contributed by atoms with Gasteiger partial charge in [-0.3, -0.25) is 0 Å². The van der Waals surface area contributed by atoms with Crippen molar-refractivity contribution in [3.63, 3.8) is 0 Å². The Bertz CT molecular complexity index is 1540. The third kappa shape index (κ3) is 18.1. The van der Waals surface area contributed by atoms with Crippen LogP contribution in [0.25, 0.3) is 22.6 Å². The number of ether oxygens (including phenoxy) is 7. The number of aryl methyl sites for hydroxylation is 1. The topological polar surface area (TPSA) is 144 Å². The lowest BCUT2D eigenvalue weighted by Crippen LogP contribution is -2.14. The molecule has 0 N–H and O–H groups in total. The minimum absolute atomic E-state index is 0.310. The summed E-state index contributed by atoms with van der Waals surface area (Å²) in [6.07, 6.45) is 9.13. The van der Waals surface area contributed by atoms with E-state index in [0.717, 1.165) is 54.5 Å². The van der Waals surface area contributed by atoms with Crippen molar-refractivity contribution in [3.8, 4) is 28.4 Å². The fourth-order valence-corrected chi connectivity index (χ4v) is 4.86. The molecular formula is C39H64N8O7. The summed E-state index contributed by atoms with van der Waals surface area (Å²) in [6.45, 7) is 21.8. The molecule has 0 radical (unpaired) electrons. The minimum atomic E-state index is 0.310. The Morgan fingerprint density at radius 1 is 0.537 bits per heavy atom. The SMILES string of the molecule is COc1ccccc1-c1cnnn1CCOCCOCCOCCC(C)(C)C.Cn1cncc1-c1cnnn1CCOCCOCCOCCC(C)(C)C. The number of methoxy groups -OCH3 is 1. The molecule has 0 saturated heterocycles. The number of nitrogens with zero attached hydrogens (tertiary/aromatic N) is 8. The summed E-state index contributed by atoms with van der Waals surface area (Å²) in [5, 5.41) is 16.2. The Hall–Kier alpha value is -3.73. The molecule has 1 aromatic carbocycles. The lowest BCUT2D eigenvalue weighted by molar-refractivity contribution is 0.00883. The summed E-state index contributed by atoms with van der Waals surface area (Å²) in [7, 11) is 3.60. The number of imidazole rings is 1. The van der Waals surface area contributed by atoms with E-state index >= 15 is 0 Å². The van der Waals surface area contributed by atoms with Crippen molar-refractivity contribution in [1.82, 2.24) is 39.5 Å². The summed E-state index contributed by atoms with van der Waals surface area (Å²) >= 11 is 0. The third-order valence-electron chi connectivity index (χ3n) is 8.07. The van der Waals surface area contributed by atoms with Crippen molar-refractivity contribution in [1.29, 1.82) is 0 Å². The van der Waals surface area contributed by atoms with E-state index in [-0.39, 0.29) is 0 Å². The number of hydrogen-bond acceptors (Lipinski definition) is 12. The molecule has 0 saturated carbocycles. The molecule has 0 bridgehead atoms. The second kappa shape index (κ2) is 24.6. The van der Waals surface area contributed by atoms with Gasteiger partial charge in [-0.15, -0.1) is 10.2 Å². The van der Waals surface area contributed by atoms with Crippen molar-refractivity contribution < 1.29 is 33.2 Å². The molecular weight excluding hydrogens is 692 g/mol. The van der Waals surface area contributed by atoms with Crippen LogP contribution >= 0.6 is 0 Å². The molecule has 0 spiro atoms. The van der Waals surface area contributed by atoms with Crippen molar-refractivity contribution in [3.05, 3.63) is 49.2 Å². The molecule has 0 aliphatic rings. The number of benzene rings is 1. The van der Waals surface area contributed by atoms with E-state index in [1.165, 1.54) is 0 Å². The largest absolute Gasteiger partial charge is 0.496 e. The summed E-state index contributed by atoms with van der Waals surface area (Å²) < 4.78 is 44.4. The van der Waals surface area contributed by atoms with E-state index in [1.54, 1.807) is 32.0 Å². The van der Waals surface area contributed by atoms with E-state index in [9.17, 15) is 0 Å². The Labute approximate surface area is 321 Å². The smallest absolute Gasteiger partial charge is 0.128 e. The van der Waals surface area contributed by atoms with Gasteiger partial charge in [0.25, 0.3) is 0 Å². The van der Waals surface area contributed by atoms with Gasteiger partial charge in [0.05, 0.1) is 123 Å². The van der Waals surface area contributed by atoms with Crippen molar-refractivity contribution >= 4 is 0 Å². The van der Waals surface area contributed by atoms with Gasteiger partial charge in [-0.2, -0.15) is 0 Å². The molecule has 4 rings (SSSR count). The van der Waals surface area contributed by atoms with Crippen LogP contribution in [0.5, 0.6) is 5.75 Å². The molecule has 54 heavy (non-hydrogen) atoms. The highest BCUT2D eigenvalue weighted by atomic mass is 16.5. The van der Waals surface area contributed by atoms with Gasteiger partial charge in [-0.05, 0) is 35.8 Å². The highest BCUT2D eigenvalue weighted by molar-refractivity contribution is 5.66. The zero-order valence-electron chi connectivity index (χ0n) is 33.9. The second-order valence-electron chi connectivity index (χ2n) is 15.1. The Morgan fingerprint density at radius 3 is 1.44 bits per heavy atom. The summed E-state index contributed by atoms with van der Waals surface area (Å²) in [6, 6.07) is 7.82. The van der Waals surface area contributed by atoms with Gasteiger partial charge in [0.2, 0.25) is 0 Å². The monoisotopic (exact) mass is 756 g/mol. The van der Waals surface area contributed by atoms with Crippen LogP contribution in [0.4, 0.5) is 0 Å². The number of para-hydroxylation sites is 1. The molecule has 0 amide bonds. The first-order valence-electron chi connectivity index (χ1n) is 18.8. The maximum absolute atomic E-state index is 5.64. The maximum atomic E-state index is 5.64. The third-order valence-corrected chi connectivity index (χ3v) is 8.07. The van der Waals surface area contributed by atoms with E-state index < -0.39 is 0 Å². The molecule has 3 aromatic heterocycles. The normalized spacial score (nSPS) is 11.9. The van der Waals surface area contributed by atoms with Crippen molar-refractivity contribution in [2.45, 2.75) is 67.5 Å². The minimum Gasteiger partial charge on any atom is -0.496 e. The summed E-state index contributed by atoms with van der Waals surface area (Å²) in [5.74, 6) is 0.796. The maximum Gasteiger partial charge on any atom is 0.128 e. The molecule has 4 aromatic rings. The second-order valence-corrected chi connectivity index (χ2v) is 15.1. The number of rotatable bonds is 25. The predicted molar refractivity (Wildman–Crippen MR) is 207 cm³/mol. The highest BCUT2D eigenvalue weighted by Crippen LogP contribution is 2.28. The van der Waals surface area contributed by atoms with Gasteiger partial charge >= 0.3 is 0 Å². The van der Waals surface area contributed by atoms with E-state index in [2.05, 4.69) is 67.2 Å². The molecule has 0 aliphatic carbocycles. The van der Waals surface area contributed by atoms with Crippen LogP contribution in [0.3, 0.4) is 0 Å². The molecule has 15 heteroatoms. The molecule has 3 heterocycles. The fourth-order valence-electron chi connectivity index (χ4n) is 4.86. The van der Waals surface area contributed by atoms with Crippen LogP contribution in [0.1, 0.15) is 54.4 Å². The average molecular weight is 757 g/mol. The fraction of sp³-hybridized carbons (Fsp3) is 0.667. The summed E-state index contributed by atoms with van der Waals surface area (Å²) in [5.41, 5.74) is 4.40. The van der Waals surface area contributed by atoms with Crippen LogP contribution < -0.4 is 4.74 Å². The van der Waals surface area contributed by atoms with Crippen LogP contribution in [0, 0.1) is 10.8 Å². The van der Waals surface area contributed by atoms with Crippen LogP contribution in [-0.4, -0.2) is 126 Å². The quantitative estimate of drug-likeness (QED) is 0.0777. The molecule has 0 fully saturated rings. The Balaban J connectivity index is 0.000000291. The van der Waals surface area contributed by atoms with E-state index in [4.69, 9.17) is 33.2 Å². The van der Waals surface area contributed by atoms with Crippen LogP contribution in [0.2, 0.25) is 0 Å². The lowest BCUT2D eigenvalue weighted by Gasteiger charge is -2.17. The van der Waals surface area contributed by atoms with Gasteiger partial charge in [0, 0.05) is 25.8 Å².